The van der Waals surface area contributed by atoms with Crippen molar-refractivity contribution in [3.05, 3.63) is 29.8 Å². The first-order valence-corrected chi connectivity index (χ1v) is 13.9. The molecule has 1 aromatic carbocycles. The van der Waals surface area contributed by atoms with Gasteiger partial charge in [-0.05, 0) is 49.9 Å². The number of hydrogen-bond donors (Lipinski definition) is 5. The Hall–Kier alpha value is -3.02. The summed E-state index contributed by atoms with van der Waals surface area (Å²) in [6.45, 7) is 7.11. The lowest BCUT2D eigenvalue weighted by Crippen LogP contribution is -2.27. The van der Waals surface area contributed by atoms with E-state index in [4.69, 9.17) is 15.2 Å². The molecule has 210 valence electrons. The summed E-state index contributed by atoms with van der Waals surface area (Å²) in [5.74, 6) is 1.43. The minimum Gasteiger partial charge on any atom is -0.378 e. The molecule has 0 atom stereocenters. The Bertz CT molecular complexity index is 950. The number of anilines is 4. The molecule has 0 bridgehead atoms. The summed E-state index contributed by atoms with van der Waals surface area (Å²) in [6.07, 6.45) is 7.96. The molecule has 1 aliphatic carbocycles. The van der Waals surface area contributed by atoms with E-state index >= 15 is 0 Å². The standard InChI is InChI=1S/C27H44N8O3/c1-3-21(4-2)30-25-33-26(31-22-8-6-5-7-9-22)35-27(34-25)32-23-12-10-20(11-13-23)24(36)29-15-17-38-19-18-37-16-14-28/h10-13,21-22H,3-9,14-19,28H2,1-2H3,(H,29,36)(H3,30,31,32,33,34,35). The van der Waals surface area contributed by atoms with Crippen LogP contribution in [0.5, 0.6) is 0 Å². The van der Waals surface area contributed by atoms with E-state index in [2.05, 4.69) is 50.1 Å². The van der Waals surface area contributed by atoms with E-state index in [1.807, 2.05) is 12.1 Å². The van der Waals surface area contributed by atoms with Gasteiger partial charge in [0, 0.05) is 36.4 Å². The smallest absolute Gasteiger partial charge is 0.251 e. The number of hydrogen-bond acceptors (Lipinski definition) is 10. The maximum Gasteiger partial charge on any atom is 0.251 e. The fourth-order valence-electron chi connectivity index (χ4n) is 4.24. The Morgan fingerprint density at radius 1 is 0.921 bits per heavy atom. The van der Waals surface area contributed by atoms with Crippen LogP contribution in [-0.4, -0.2) is 72.5 Å². The molecule has 1 heterocycles. The Balaban J connectivity index is 1.56. The van der Waals surface area contributed by atoms with Crippen LogP contribution in [0.25, 0.3) is 0 Å². The summed E-state index contributed by atoms with van der Waals surface area (Å²) in [4.78, 5) is 26.3. The SMILES string of the molecule is CCC(CC)Nc1nc(Nc2ccc(C(=O)NCCOCCOCCN)cc2)nc(NC2CCCCC2)n1. The molecule has 1 fully saturated rings. The van der Waals surface area contributed by atoms with E-state index in [9.17, 15) is 4.79 Å². The highest BCUT2D eigenvalue weighted by Crippen LogP contribution is 2.22. The summed E-state index contributed by atoms with van der Waals surface area (Å²) in [5, 5.41) is 13.1. The molecule has 1 aromatic heterocycles. The van der Waals surface area contributed by atoms with Gasteiger partial charge in [-0.2, -0.15) is 15.0 Å². The number of aromatic nitrogens is 3. The van der Waals surface area contributed by atoms with Crippen LogP contribution in [0.2, 0.25) is 0 Å². The molecule has 0 unspecified atom stereocenters. The van der Waals surface area contributed by atoms with Crippen LogP contribution in [0.15, 0.2) is 24.3 Å². The zero-order chi connectivity index (χ0) is 27.0. The van der Waals surface area contributed by atoms with Crippen molar-refractivity contribution >= 4 is 29.4 Å². The number of benzene rings is 1. The monoisotopic (exact) mass is 528 g/mol. The topological polar surface area (TPSA) is 148 Å². The van der Waals surface area contributed by atoms with E-state index in [0.29, 0.717) is 75.0 Å². The molecule has 1 amide bonds. The van der Waals surface area contributed by atoms with Gasteiger partial charge in [-0.3, -0.25) is 4.79 Å². The maximum atomic E-state index is 12.5. The van der Waals surface area contributed by atoms with Gasteiger partial charge in [0.15, 0.2) is 0 Å². The van der Waals surface area contributed by atoms with Gasteiger partial charge in [0.05, 0.1) is 26.4 Å². The predicted octanol–water partition coefficient (Wildman–Crippen LogP) is 3.68. The number of nitrogens with two attached hydrogens (primary N) is 1. The van der Waals surface area contributed by atoms with Crippen molar-refractivity contribution in [3.63, 3.8) is 0 Å². The third-order valence-corrected chi connectivity index (χ3v) is 6.46. The molecule has 1 aliphatic rings. The summed E-state index contributed by atoms with van der Waals surface area (Å²) in [5.41, 5.74) is 6.71. The van der Waals surface area contributed by atoms with Gasteiger partial charge in [-0.25, -0.2) is 0 Å². The first-order chi connectivity index (χ1) is 18.6. The quantitative estimate of drug-likeness (QED) is 0.193. The van der Waals surface area contributed by atoms with E-state index < -0.39 is 0 Å². The van der Waals surface area contributed by atoms with Crippen LogP contribution in [0, 0.1) is 0 Å². The molecule has 0 spiro atoms. The van der Waals surface area contributed by atoms with Crippen molar-refractivity contribution in [2.24, 2.45) is 5.73 Å². The molecule has 3 rings (SSSR count). The minimum absolute atomic E-state index is 0.157. The molecular weight excluding hydrogens is 484 g/mol. The largest absolute Gasteiger partial charge is 0.378 e. The van der Waals surface area contributed by atoms with Crippen molar-refractivity contribution in [3.8, 4) is 0 Å². The molecule has 1 saturated carbocycles. The van der Waals surface area contributed by atoms with Crippen LogP contribution >= 0.6 is 0 Å². The third kappa shape index (κ3) is 10.4. The molecular formula is C27H44N8O3. The molecule has 11 heteroatoms. The fourth-order valence-corrected chi connectivity index (χ4v) is 4.24. The third-order valence-electron chi connectivity index (χ3n) is 6.46. The fraction of sp³-hybridized carbons (Fsp3) is 0.630. The van der Waals surface area contributed by atoms with E-state index in [0.717, 1.165) is 31.4 Å². The molecule has 0 aliphatic heterocycles. The first-order valence-electron chi connectivity index (χ1n) is 13.9. The van der Waals surface area contributed by atoms with Crippen molar-refractivity contribution in [1.82, 2.24) is 20.3 Å². The highest BCUT2D eigenvalue weighted by atomic mass is 16.5. The minimum atomic E-state index is -0.157. The molecule has 2 aromatic rings. The summed E-state index contributed by atoms with van der Waals surface area (Å²) in [7, 11) is 0. The zero-order valence-electron chi connectivity index (χ0n) is 22.8. The number of carbonyl (C=O) groups excluding carboxylic acids is 1. The van der Waals surface area contributed by atoms with Crippen molar-refractivity contribution < 1.29 is 14.3 Å². The second kappa shape index (κ2) is 16.7. The molecule has 6 N–H and O–H groups in total. The summed E-state index contributed by atoms with van der Waals surface area (Å²) in [6, 6.07) is 7.89. The summed E-state index contributed by atoms with van der Waals surface area (Å²) < 4.78 is 10.7. The Morgan fingerprint density at radius 2 is 1.58 bits per heavy atom. The van der Waals surface area contributed by atoms with Crippen LogP contribution in [0.1, 0.15) is 69.2 Å². The molecule has 0 saturated heterocycles. The Morgan fingerprint density at radius 3 is 2.26 bits per heavy atom. The lowest BCUT2D eigenvalue weighted by atomic mass is 9.96. The maximum absolute atomic E-state index is 12.5. The number of ether oxygens (including phenoxy) is 2. The van der Waals surface area contributed by atoms with Crippen molar-refractivity contribution in [2.45, 2.75) is 70.9 Å². The van der Waals surface area contributed by atoms with E-state index in [1.165, 1.54) is 19.3 Å². The second-order valence-electron chi connectivity index (χ2n) is 9.41. The van der Waals surface area contributed by atoms with Crippen LogP contribution < -0.4 is 27.0 Å². The Kier molecular flexibility index (Phi) is 13.0. The zero-order valence-corrected chi connectivity index (χ0v) is 22.8. The number of nitrogens with zero attached hydrogens (tertiary/aromatic N) is 3. The van der Waals surface area contributed by atoms with Crippen LogP contribution in [0.4, 0.5) is 23.5 Å². The van der Waals surface area contributed by atoms with Gasteiger partial charge in [0.2, 0.25) is 17.8 Å². The van der Waals surface area contributed by atoms with E-state index in [1.54, 1.807) is 12.1 Å². The van der Waals surface area contributed by atoms with E-state index in [-0.39, 0.29) is 5.91 Å². The average Bonchev–Trinajstić information content (AvgIpc) is 2.94. The van der Waals surface area contributed by atoms with Gasteiger partial charge < -0.3 is 36.5 Å². The normalized spacial score (nSPS) is 13.9. The van der Waals surface area contributed by atoms with Crippen molar-refractivity contribution in [1.29, 1.82) is 0 Å². The average molecular weight is 529 g/mol. The van der Waals surface area contributed by atoms with Crippen molar-refractivity contribution in [2.75, 3.05) is 55.5 Å². The van der Waals surface area contributed by atoms with Gasteiger partial charge >= 0.3 is 0 Å². The summed E-state index contributed by atoms with van der Waals surface area (Å²) >= 11 is 0. The highest BCUT2D eigenvalue weighted by Gasteiger charge is 2.17. The lowest BCUT2D eigenvalue weighted by molar-refractivity contribution is 0.0511. The second-order valence-corrected chi connectivity index (χ2v) is 9.41. The number of rotatable bonds is 17. The van der Waals surface area contributed by atoms with Gasteiger partial charge in [-0.1, -0.05) is 33.1 Å². The number of nitrogens with one attached hydrogen (secondary N) is 4. The first kappa shape index (κ1) is 29.5. The van der Waals surface area contributed by atoms with Gasteiger partial charge in [0.25, 0.3) is 5.91 Å². The number of carbonyl (C=O) groups is 1. The molecule has 11 nitrogen and oxygen atoms in total. The van der Waals surface area contributed by atoms with Crippen LogP contribution in [-0.2, 0) is 9.47 Å². The van der Waals surface area contributed by atoms with Gasteiger partial charge in [-0.15, -0.1) is 0 Å². The Labute approximate surface area is 226 Å². The lowest BCUT2D eigenvalue weighted by Gasteiger charge is -2.23. The number of amides is 1. The molecule has 38 heavy (non-hydrogen) atoms. The highest BCUT2D eigenvalue weighted by molar-refractivity contribution is 5.94. The molecule has 0 radical (unpaired) electrons. The van der Waals surface area contributed by atoms with Gasteiger partial charge in [0.1, 0.15) is 0 Å². The van der Waals surface area contributed by atoms with Crippen LogP contribution in [0.3, 0.4) is 0 Å². The predicted molar refractivity (Wildman–Crippen MR) is 151 cm³/mol.